The normalized spacial score (nSPS) is 13.6. The molecule has 1 rings (SSSR count). The fourth-order valence-electron chi connectivity index (χ4n) is 1.86. The molecule has 0 fully saturated rings. The van der Waals surface area contributed by atoms with E-state index in [1.165, 1.54) is 0 Å². The lowest BCUT2D eigenvalue weighted by molar-refractivity contribution is -0.150. The van der Waals surface area contributed by atoms with Crippen LogP contribution in [-0.4, -0.2) is 17.2 Å². The third-order valence-corrected chi connectivity index (χ3v) is 3.34. The number of aliphatic carboxylic acids is 1. The topological polar surface area (TPSA) is 109 Å². The molecule has 0 aliphatic carbocycles. The smallest absolute Gasteiger partial charge is 0.313 e. The Hall–Kier alpha value is -1.69. The lowest BCUT2D eigenvalue weighted by Gasteiger charge is -2.34. The van der Waals surface area contributed by atoms with Crippen LogP contribution in [0.15, 0.2) is 15.7 Å². The van der Waals surface area contributed by atoms with Crippen LogP contribution in [0.4, 0.5) is 5.69 Å². The Morgan fingerprint density at radius 2 is 2.00 bits per heavy atom. The second-order valence-corrected chi connectivity index (χ2v) is 4.04. The number of rotatable bonds is 6. The molecule has 0 aliphatic rings. The van der Waals surface area contributed by atoms with Crippen LogP contribution in [0.2, 0.25) is 0 Å². The quantitative estimate of drug-likeness (QED) is 0.472. The molecule has 1 unspecified atom stereocenters. The SMILES string of the molecule is CCC(CC)(C(=O)O)C(N)Nc1cc(=O)c1=O. The highest BCUT2D eigenvalue weighted by Crippen LogP contribution is 2.30. The van der Waals surface area contributed by atoms with Crippen molar-refractivity contribution in [2.24, 2.45) is 11.1 Å². The van der Waals surface area contributed by atoms with Crippen molar-refractivity contribution in [3.63, 3.8) is 0 Å². The monoisotopic (exact) mass is 240 g/mol. The van der Waals surface area contributed by atoms with Crippen LogP contribution in [0.3, 0.4) is 0 Å². The van der Waals surface area contributed by atoms with Gasteiger partial charge in [0, 0.05) is 6.07 Å². The number of nitrogens with one attached hydrogen (secondary N) is 1. The predicted octanol–water partition coefficient (Wildman–Crippen LogP) is -0.130. The van der Waals surface area contributed by atoms with Gasteiger partial charge in [-0.1, -0.05) is 13.8 Å². The van der Waals surface area contributed by atoms with Gasteiger partial charge < -0.3 is 16.2 Å². The Morgan fingerprint density at radius 1 is 1.47 bits per heavy atom. The summed E-state index contributed by atoms with van der Waals surface area (Å²) < 4.78 is 0. The van der Waals surface area contributed by atoms with Crippen LogP contribution in [0, 0.1) is 5.41 Å². The van der Waals surface area contributed by atoms with E-state index < -0.39 is 28.4 Å². The van der Waals surface area contributed by atoms with Crippen LogP contribution in [-0.2, 0) is 4.79 Å². The number of hydrogen-bond donors (Lipinski definition) is 3. The van der Waals surface area contributed by atoms with Gasteiger partial charge in [0.2, 0.25) is 10.9 Å². The van der Waals surface area contributed by atoms with Crippen molar-refractivity contribution in [2.75, 3.05) is 5.32 Å². The number of nitrogens with two attached hydrogens (primary N) is 1. The van der Waals surface area contributed by atoms with Crippen molar-refractivity contribution < 1.29 is 9.90 Å². The zero-order valence-electron chi connectivity index (χ0n) is 9.82. The number of anilines is 1. The summed E-state index contributed by atoms with van der Waals surface area (Å²) in [5.41, 5.74) is 3.51. The van der Waals surface area contributed by atoms with Gasteiger partial charge in [0.25, 0.3) is 0 Å². The minimum absolute atomic E-state index is 0.0926. The van der Waals surface area contributed by atoms with Crippen LogP contribution < -0.4 is 21.9 Å². The van der Waals surface area contributed by atoms with Gasteiger partial charge in [0.15, 0.2) is 0 Å². The molecule has 4 N–H and O–H groups in total. The highest BCUT2D eigenvalue weighted by atomic mass is 16.4. The first-order valence-corrected chi connectivity index (χ1v) is 5.45. The molecule has 17 heavy (non-hydrogen) atoms. The maximum absolute atomic E-state index is 11.3. The Balaban J connectivity index is 2.91. The summed E-state index contributed by atoms with van der Waals surface area (Å²) in [5.74, 6) is -1.01. The summed E-state index contributed by atoms with van der Waals surface area (Å²) in [7, 11) is 0. The summed E-state index contributed by atoms with van der Waals surface area (Å²) in [4.78, 5) is 33.1. The summed E-state index contributed by atoms with van der Waals surface area (Å²) in [6.07, 6.45) is -0.233. The molecule has 1 aromatic rings. The summed E-state index contributed by atoms with van der Waals surface area (Å²) in [6.45, 7) is 3.45. The lowest BCUT2D eigenvalue weighted by Crippen LogP contribution is -2.53. The molecule has 0 saturated carbocycles. The average molecular weight is 240 g/mol. The fourth-order valence-corrected chi connectivity index (χ4v) is 1.86. The molecule has 0 aromatic heterocycles. The van der Waals surface area contributed by atoms with Crippen LogP contribution in [0.1, 0.15) is 26.7 Å². The number of carboxylic acid groups (broad SMARTS) is 1. The molecular formula is C11H16N2O4. The Bertz CT molecular complexity index is 483. The molecule has 0 saturated heterocycles. The first-order valence-electron chi connectivity index (χ1n) is 5.45. The van der Waals surface area contributed by atoms with Crippen molar-refractivity contribution in [1.29, 1.82) is 0 Å². The maximum atomic E-state index is 11.3. The molecule has 6 nitrogen and oxygen atoms in total. The van der Waals surface area contributed by atoms with E-state index in [1.807, 2.05) is 0 Å². The van der Waals surface area contributed by atoms with Gasteiger partial charge in [0.05, 0.1) is 11.9 Å². The molecule has 0 amide bonds. The number of hydrogen-bond acceptors (Lipinski definition) is 5. The zero-order valence-corrected chi connectivity index (χ0v) is 9.82. The van der Waals surface area contributed by atoms with E-state index in [-0.39, 0.29) is 5.69 Å². The fraction of sp³-hybridized carbons (Fsp3) is 0.545. The molecule has 0 bridgehead atoms. The lowest BCUT2D eigenvalue weighted by atomic mass is 9.79. The largest absolute Gasteiger partial charge is 0.481 e. The Kier molecular flexibility index (Phi) is 3.67. The third kappa shape index (κ3) is 2.08. The van der Waals surface area contributed by atoms with Gasteiger partial charge in [-0.2, -0.15) is 0 Å². The van der Waals surface area contributed by atoms with Crippen molar-refractivity contribution in [3.05, 3.63) is 26.5 Å². The van der Waals surface area contributed by atoms with Crippen molar-refractivity contribution >= 4 is 11.7 Å². The van der Waals surface area contributed by atoms with E-state index in [1.54, 1.807) is 13.8 Å². The van der Waals surface area contributed by atoms with E-state index in [0.29, 0.717) is 12.8 Å². The minimum atomic E-state index is -1.14. The minimum Gasteiger partial charge on any atom is -0.481 e. The van der Waals surface area contributed by atoms with Gasteiger partial charge >= 0.3 is 5.97 Å². The first kappa shape index (κ1) is 13.4. The maximum Gasteiger partial charge on any atom is 0.313 e. The van der Waals surface area contributed by atoms with Gasteiger partial charge in [-0.15, -0.1) is 0 Å². The van der Waals surface area contributed by atoms with Crippen LogP contribution in [0.5, 0.6) is 0 Å². The molecule has 6 heteroatoms. The summed E-state index contributed by atoms with van der Waals surface area (Å²) in [6, 6.07) is 1.13. The summed E-state index contributed by atoms with van der Waals surface area (Å²) in [5, 5.41) is 11.8. The molecular weight excluding hydrogens is 224 g/mol. The number of carboxylic acids is 1. The van der Waals surface area contributed by atoms with Crippen LogP contribution in [0.25, 0.3) is 0 Å². The second-order valence-electron chi connectivity index (χ2n) is 4.04. The molecule has 0 radical (unpaired) electrons. The van der Waals surface area contributed by atoms with Crippen molar-refractivity contribution in [2.45, 2.75) is 32.9 Å². The van der Waals surface area contributed by atoms with Crippen LogP contribution >= 0.6 is 0 Å². The van der Waals surface area contributed by atoms with E-state index in [4.69, 9.17) is 5.73 Å². The van der Waals surface area contributed by atoms with E-state index in [0.717, 1.165) is 6.07 Å². The van der Waals surface area contributed by atoms with Crippen molar-refractivity contribution in [1.82, 2.24) is 0 Å². The standard InChI is InChI=1S/C11H16N2O4/c1-3-11(4-2,10(16)17)9(12)13-6-5-7(14)8(6)15/h5,9,13H,3-4,12H2,1-2H3,(H,16,17). The molecule has 1 aromatic carbocycles. The molecule has 0 aliphatic heterocycles. The molecule has 0 heterocycles. The Labute approximate surface area is 98.1 Å². The molecule has 0 spiro atoms. The van der Waals surface area contributed by atoms with E-state index >= 15 is 0 Å². The predicted molar refractivity (Wildman–Crippen MR) is 63.6 cm³/mol. The average Bonchev–Trinajstić information content (AvgIpc) is 2.30. The van der Waals surface area contributed by atoms with Gasteiger partial charge in [-0.25, -0.2) is 0 Å². The van der Waals surface area contributed by atoms with E-state index in [9.17, 15) is 19.5 Å². The van der Waals surface area contributed by atoms with Crippen molar-refractivity contribution in [3.8, 4) is 0 Å². The third-order valence-electron chi connectivity index (χ3n) is 3.34. The highest BCUT2D eigenvalue weighted by Gasteiger charge is 2.41. The van der Waals surface area contributed by atoms with Gasteiger partial charge in [0.1, 0.15) is 5.41 Å². The molecule has 1 atom stereocenters. The number of carbonyl (C=O) groups is 1. The summed E-state index contributed by atoms with van der Waals surface area (Å²) >= 11 is 0. The molecule has 94 valence electrons. The zero-order chi connectivity index (χ0) is 13.2. The van der Waals surface area contributed by atoms with Gasteiger partial charge in [-0.05, 0) is 12.8 Å². The van der Waals surface area contributed by atoms with E-state index in [2.05, 4.69) is 5.32 Å². The Morgan fingerprint density at radius 3 is 2.29 bits per heavy atom. The first-order chi connectivity index (χ1) is 7.89. The highest BCUT2D eigenvalue weighted by molar-refractivity contribution is 5.76. The second kappa shape index (κ2) is 4.67. The van der Waals surface area contributed by atoms with Gasteiger partial charge in [-0.3, -0.25) is 14.4 Å².